The maximum Gasteiger partial charge on any atom is 0.414 e. The van der Waals surface area contributed by atoms with Gasteiger partial charge in [0.2, 0.25) is 5.91 Å². The smallest absolute Gasteiger partial charge is 0.414 e. The highest BCUT2D eigenvalue weighted by Crippen LogP contribution is 2.35. The molecule has 1 fully saturated rings. The zero-order valence-electron chi connectivity index (χ0n) is 17.8. The minimum absolute atomic E-state index is 0.00753. The second-order valence-electron chi connectivity index (χ2n) is 7.62. The number of aliphatic hydroxyl groups excluding tert-OH is 2. The van der Waals surface area contributed by atoms with Gasteiger partial charge in [0.1, 0.15) is 11.9 Å². The third-order valence-electron chi connectivity index (χ3n) is 5.45. The molecule has 1 saturated heterocycles. The van der Waals surface area contributed by atoms with Gasteiger partial charge in [0.15, 0.2) is 17.7 Å². The minimum atomic E-state index is -1.59. The molecule has 3 N–H and O–H groups in total. The van der Waals surface area contributed by atoms with Crippen LogP contribution in [0.5, 0.6) is 0 Å². The van der Waals surface area contributed by atoms with Crippen LogP contribution in [0.15, 0.2) is 12.1 Å². The Morgan fingerprint density at radius 1 is 1.30 bits per heavy atom. The maximum atomic E-state index is 14.9. The first-order valence-electron chi connectivity index (χ1n) is 10.4. The highest BCUT2D eigenvalue weighted by atomic mass is 19.2. The summed E-state index contributed by atoms with van der Waals surface area (Å²) < 4.78 is 49.6. The molecule has 0 spiro atoms. The molecule has 1 aromatic rings. The summed E-state index contributed by atoms with van der Waals surface area (Å²) in [6, 6.07) is 0.704. The first kappa shape index (κ1) is 24.5. The first-order valence-corrected chi connectivity index (χ1v) is 10.4. The normalized spacial score (nSPS) is 19.3. The summed E-state index contributed by atoms with van der Waals surface area (Å²) in [5.41, 5.74) is -1.10. The highest BCUT2D eigenvalue weighted by Gasteiger charge is 2.36. The van der Waals surface area contributed by atoms with Gasteiger partial charge in [-0.15, -0.1) is 0 Å². The molecule has 0 aliphatic carbocycles. The Balaban J connectivity index is 1.79. The Morgan fingerprint density at radius 3 is 2.64 bits per heavy atom. The molecular formula is C21H24F3N3O6. The Hall–Kier alpha value is -3.12. The number of nitrogens with one attached hydrogen (secondary N) is 1. The number of benzene rings is 1. The largest absolute Gasteiger partial charge is 0.442 e. The van der Waals surface area contributed by atoms with Crippen LogP contribution in [0.1, 0.15) is 25.3 Å². The zero-order chi connectivity index (χ0) is 24.3. The number of rotatable bonds is 7. The minimum Gasteiger partial charge on any atom is -0.442 e. The van der Waals surface area contributed by atoms with E-state index in [9.17, 15) is 32.7 Å². The van der Waals surface area contributed by atoms with Gasteiger partial charge in [0.25, 0.3) is 5.91 Å². The van der Waals surface area contributed by atoms with E-state index >= 15 is 0 Å². The SMILES string of the molecule is CCC(=O)NC[C@H]1CN(c2cc(F)c(C3=CCN(C(=O)[C@@H](O)CO)CC3)c(F)c2F)C(=O)O1. The van der Waals surface area contributed by atoms with Gasteiger partial charge in [-0.1, -0.05) is 13.0 Å². The maximum absolute atomic E-state index is 14.9. The fourth-order valence-electron chi connectivity index (χ4n) is 3.64. The Bertz CT molecular complexity index is 986. The Kier molecular flexibility index (Phi) is 7.59. The molecule has 9 nitrogen and oxygen atoms in total. The predicted octanol–water partition coefficient (Wildman–Crippen LogP) is 0.924. The van der Waals surface area contributed by atoms with E-state index in [0.717, 1.165) is 4.90 Å². The summed E-state index contributed by atoms with van der Waals surface area (Å²) in [5, 5.41) is 20.8. The van der Waals surface area contributed by atoms with Crippen LogP contribution in [0.4, 0.5) is 23.7 Å². The third kappa shape index (κ3) is 5.11. The molecule has 2 heterocycles. The van der Waals surface area contributed by atoms with E-state index in [0.29, 0.717) is 6.07 Å². The molecule has 180 valence electrons. The lowest BCUT2D eigenvalue weighted by atomic mass is 9.97. The molecule has 0 saturated carbocycles. The van der Waals surface area contributed by atoms with E-state index < -0.39 is 59.5 Å². The number of carbonyl (C=O) groups is 3. The monoisotopic (exact) mass is 471 g/mol. The molecule has 1 aromatic carbocycles. The number of halogens is 3. The van der Waals surface area contributed by atoms with Crippen LogP contribution in [0.3, 0.4) is 0 Å². The molecule has 0 radical (unpaired) electrons. The van der Waals surface area contributed by atoms with Crippen LogP contribution in [0, 0.1) is 17.5 Å². The number of hydrogen-bond donors (Lipinski definition) is 3. The van der Waals surface area contributed by atoms with Crippen LogP contribution in [0.25, 0.3) is 5.57 Å². The first-order chi connectivity index (χ1) is 15.7. The van der Waals surface area contributed by atoms with Crippen molar-refractivity contribution in [3.63, 3.8) is 0 Å². The van der Waals surface area contributed by atoms with Crippen molar-refractivity contribution < 1.29 is 42.5 Å². The summed E-state index contributed by atoms with van der Waals surface area (Å²) in [5.74, 6) is -5.02. The summed E-state index contributed by atoms with van der Waals surface area (Å²) in [6.45, 7) is 0.579. The molecule has 33 heavy (non-hydrogen) atoms. The topological polar surface area (TPSA) is 119 Å². The lowest BCUT2D eigenvalue weighted by molar-refractivity contribution is -0.141. The van der Waals surface area contributed by atoms with E-state index in [-0.39, 0.29) is 50.5 Å². The van der Waals surface area contributed by atoms with Gasteiger partial charge in [-0.25, -0.2) is 18.0 Å². The lowest BCUT2D eigenvalue weighted by Gasteiger charge is -2.28. The molecule has 12 heteroatoms. The molecule has 2 aliphatic heterocycles. The molecule has 2 aliphatic rings. The number of carbonyl (C=O) groups excluding carboxylic acids is 3. The number of anilines is 1. The van der Waals surface area contributed by atoms with Crippen LogP contribution < -0.4 is 10.2 Å². The molecule has 0 aromatic heterocycles. The lowest BCUT2D eigenvalue weighted by Crippen LogP contribution is -2.42. The van der Waals surface area contributed by atoms with Crippen LogP contribution >= 0.6 is 0 Å². The van der Waals surface area contributed by atoms with Gasteiger partial charge >= 0.3 is 6.09 Å². The number of hydrogen-bond acceptors (Lipinski definition) is 6. The average molecular weight is 471 g/mol. The van der Waals surface area contributed by atoms with Gasteiger partial charge in [-0.05, 0) is 12.0 Å². The molecular weight excluding hydrogens is 447 g/mol. The van der Waals surface area contributed by atoms with E-state index in [1.54, 1.807) is 6.92 Å². The quantitative estimate of drug-likeness (QED) is 0.509. The van der Waals surface area contributed by atoms with Crippen molar-refractivity contribution in [1.29, 1.82) is 0 Å². The van der Waals surface area contributed by atoms with E-state index in [4.69, 9.17) is 9.84 Å². The van der Waals surface area contributed by atoms with Gasteiger partial charge in [0.05, 0.1) is 30.9 Å². The molecule has 0 bridgehead atoms. The molecule has 3 amide bonds. The van der Waals surface area contributed by atoms with Crippen molar-refractivity contribution >= 4 is 29.2 Å². The molecule has 3 rings (SSSR count). The zero-order valence-corrected chi connectivity index (χ0v) is 17.8. The standard InChI is InChI=1S/C21H24F3N3O6/c1-2-16(30)25-8-12-9-27(21(32)33-12)14-7-13(22)17(19(24)18(14)23)11-3-5-26(6-4-11)20(31)15(29)10-28/h3,7,12,15,28-29H,2,4-6,8-10H2,1H3,(H,25,30)/t12-,15-/m0/s1. The van der Waals surface area contributed by atoms with Crippen LogP contribution in [0.2, 0.25) is 0 Å². The van der Waals surface area contributed by atoms with Crippen molar-refractivity contribution in [2.24, 2.45) is 0 Å². The number of ether oxygens (including phenoxy) is 1. The summed E-state index contributed by atoms with van der Waals surface area (Å²) in [6.07, 6.45) is -1.85. The van der Waals surface area contributed by atoms with Crippen LogP contribution in [-0.2, 0) is 14.3 Å². The van der Waals surface area contributed by atoms with Gasteiger partial charge < -0.3 is 25.2 Å². The van der Waals surface area contributed by atoms with Crippen molar-refractivity contribution in [3.8, 4) is 0 Å². The molecule has 2 atom stereocenters. The van der Waals surface area contributed by atoms with Gasteiger partial charge in [0, 0.05) is 25.6 Å². The fraction of sp³-hybridized carbons (Fsp3) is 0.476. The van der Waals surface area contributed by atoms with Crippen molar-refractivity contribution in [1.82, 2.24) is 10.2 Å². The van der Waals surface area contributed by atoms with E-state index in [2.05, 4.69) is 5.32 Å². The number of nitrogens with zero attached hydrogens (tertiary/aromatic N) is 2. The van der Waals surface area contributed by atoms with Crippen molar-refractivity contribution in [3.05, 3.63) is 35.2 Å². The van der Waals surface area contributed by atoms with Crippen molar-refractivity contribution in [2.45, 2.75) is 32.0 Å². The highest BCUT2D eigenvalue weighted by molar-refractivity contribution is 5.90. The number of cyclic esters (lactones) is 1. The van der Waals surface area contributed by atoms with Crippen molar-refractivity contribution in [2.75, 3.05) is 37.7 Å². The number of aliphatic hydroxyl groups is 2. The van der Waals surface area contributed by atoms with Crippen LogP contribution in [-0.4, -0.2) is 78.0 Å². The summed E-state index contributed by atoms with van der Waals surface area (Å²) in [4.78, 5) is 37.4. The Morgan fingerprint density at radius 2 is 2.03 bits per heavy atom. The predicted molar refractivity (Wildman–Crippen MR) is 109 cm³/mol. The van der Waals surface area contributed by atoms with Gasteiger partial charge in [-0.3, -0.25) is 14.5 Å². The fourth-order valence-corrected chi connectivity index (χ4v) is 3.64. The molecule has 0 unspecified atom stereocenters. The van der Waals surface area contributed by atoms with E-state index in [1.165, 1.54) is 11.0 Å². The third-order valence-corrected chi connectivity index (χ3v) is 5.45. The van der Waals surface area contributed by atoms with E-state index in [1.807, 2.05) is 0 Å². The summed E-state index contributed by atoms with van der Waals surface area (Å²) in [7, 11) is 0. The second-order valence-corrected chi connectivity index (χ2v) is 7.62. The van der Waals surface area contributed by atoms with Gasteiger partial charge in [-0.2, -0.15) is 0 Å². The number of amides is 3. The average Bonchev–Trinajstić information content (AvgIpc) is 3.19. The second kappa shape index (κ2) is 10.2. The summed E-state index contributed by atoms with van der Waals surface area (Å²) >= 11 is 0. The Labute approximate surface area is 187 Å².